The highest BCUT2D eigenvalue weighted by atomic mass is 16.4. The number of aliphatic carboxylic acids is 1. The van der Waals surface area contributed by atoms with Crippen molar-refractivity contribution in [3.05, 3.63) is 35.9 Å². The van der Waals surface area contributed by atoms with Gasteiger partial charge in [0.2, 0.25) is 0 Å². The number of nitrogens with one attached hydrogen (secondary N) is 2. The number of rotatable bonds is 8. The van der Waals surface area contributed by atoms with Crippen LogP contribution < -0.4 is 10.6 Å². The van der Waals surface area contributed by atoms with Crippen LogP contribution in [0.25, 0.3) is 0 Å². The van der Waals surface area contributed by atoms with E-state index >= 15 is 0 Å². The summed E-state index contributed by atoms with van der Waals surface area (Å²) < 4.78 is 0. The minimum atomic E-state index is -0.800. The Morgan fingerprint density at radius 3 is 2.50 bits per heavy atom. The number of urea groups is 1. The minimum Gasteiger partial charge on any atom is -0.481 e. The molecule has 5 nitrogen and oxygen atoms in total. The molecule has 1 aromatic rings. The Kier molecular flexibility index (Phi) is 7.17. The first-order chi connectivity index (χ1) is 9.59. The van der Waals surface area contributed by atoms with E-state index in [2.05, 4.69) is 17.6 Å². The summed E-state index contributed by atoms with van der Waals surface area (Å²) in [6, 6.07) is 9.80. The lowest BCUT2D eigenvalue weighted by molar-refractivity contribution is -0.137. The average molecular weight is 278 g/mol. The van der Waals surface area contributed by atoms with Crippen LogP contribution >= 0.6 is 0 Å². The molecular formula is C15H22N2O3. The first-order valence-corrected chi connectivity index (χ1v) is 6.88. The largest absolute Gasteiger partial charge is 0.481 e. The minimum absolute atomic E-state index is 0.147. The number of hydrogen-bond acceptors (Lipinski definition) is 2. The normalized spacial score (nSPS) is 11.7. The van der Waals surface area contributed by atoms with Crippen molar-refractivity contribution in [1.29, 1.82) is 0 Å². The lowest BCUT2D eigenvalue weighted by Gasteiger charge is -2.13. The third-order valence-corrected chi connectivity index (χ3v) is 3.04. The zero-order chi connectivity index (χ0) is 14.8. The molecule has 0 bridgehead atoms. The second-order valence-corrected chi connectivity index (χ2v) is 4.80. The highest BCUT2D eigenvalue weighted by Crippen LogP contribution is 2.12. The van der Waals surface area contributed by atoms with E-state index in [4.69, 9.17) is 5.11 Å². The van der Waals surface area contributed by atoms with Gasteiger partial charge < -0.3 is 15.7 Å². The van der Waals surface area contributed by atoms with E-state index in [-0.39, 0.29) is 18.4 Å². The summed E-state index contributed by atoms with van der Waals surface area (Å²) >= 11 is 0. The molecule has 0 aliphatic rings. The maximum Gasteiger partial charge on any atom is 0.314 e. The topological polar surface area (TPSA) is 78.4 Å². The zero-order valence-corrected chi connectivity index (χ0v) is 11.8. The lowest BCUT2D eigenvalue weighted by atomic mass is 10.0. The zero-order valence-electron chi connectivity index (χ0n) is 11.8. The van der Waals surface area contributed by atoms with Gasteiger partial charge in [-0.1, -0.05) is 37.3 Å². The number of carbonyl (C=O) groups excluding carboxylic acids is 1. The van der Waals surface area contributed by atoms with Crippen molar-refractivity contribution in [2.75, 3.05) is 13.1 Å². The number of carboxylic acid groups (broad SMARTS) is 1. The number of amides is 2. The molecule has 0 fully saturated rings. The van der Waals surface area contributed by atoms with Gasteiger partial charge in [-0.2, -0.15) is 0 Å². The molecule has 0 saturated carbocycles. The molecule has 0 aliphatic carbocycles. The average Bonchev–Trinajstić information content (AvgIpc) is 2.45. The molecule has 0 saturated heterocycles. The van der Waals surface area contributed by atoms with Crippen molar-refractivity contribution in [2.45, 2.75) is 32.1 Å². The number of benzene rings is 1. The van der Waals surface area contributed by atoms with Gasteiger partial charge in [0.25, 0.3) is 0 Å². The summed E-state index contributed by atoms with van der Waals surface area (Å²) in [5.74, 6) is -0.542. The molecule has 20 heavy (non-hydrogen) atoms. The second kappa shape index (κ2) is 8.96. The van der Waals surface area contributed by atoms with E-state index in [9.17, 15) is 9.59 Å². The molecule has 1 aromatic carbocycles. The number of hydrogen-bond donors (Lipinski definition) is 3. The van der Waals surface area contributed by atoms with Gasteiger partial charge in [0, 0.05) is 19.5 Å². The predicted molar refractivity (Wildman–Crippen MR) is 77.7 cm³/mol. The summed E-state index contributed by atoms with van der Waals surface area (Å²) in [5.41, 5.74) is 1.19. The Labute approximate surface area is 119 Å². The van der Waals surface area contributed by atoms with Crippen molar-refractivity contribution in [2.24, 2.45) is 0 Å². The predicted octanol–water partition coefficient (Wildman–Crippen LogP) is 2.34. The van der Waals surface area contributed by atoms with E-state index < -0.39 is 5.97 Å². The van der Waals surface area contributed by atoms with Crippen molar-refractivity contribution in [3.8, 4) is 0 Å². The fraction of sp³-hybridized carbons (Fsp3) is 0.467. The standard InChI is InChI=1S/C15H22N2O3/c1-12(13-7-3-2-4-8-13)11-17-15(20)16-10-6-5-9-14(18)19/h2-4,7-8,12H,5-6,9-11H2,1H3,(H,18,19)(H2,16,17,20). The third kappa shape index (κ3) is 6.78. The first-order valence-electron chi connectivity index (χ1n) is 6.88. The van der Waals surface area contributed by atoms with Crippen molar-refractivity contribution < 1.29 is 14.7 Å². The Morgan fingerprint density at radius 2 is 1.85 bits per heavy atom. The van der Waals surface area contributed by atoms with E-state index in [0.29, 0.717) is 25.9 Å². The molecule has 0 heterocycles. The second-order valence-electron chi connectivity index (χ2n) is 4.80. The summed E-state index contributed by atoms with van der Waals surface area (Å²) in [6.45, 7) is 3.13. The lowest BCUT2D eigenvalue weighted by Crippen LogP contribution is -2.37. The fourth-order valence-corrected chi connectivity index (χ4v) is 1.81. The molecule has 1 unspecified atom stereocenters. The van der Waals surface area contributed by atoms with Crippen LogP contribution in [0.5, 0.6) is 0 Å². The molecular weight excluding hydrogens is 256 g/mol. The van der Waals surface area contributed by atoms with Gasteiger partial charge in [-0.3, -0.25) is 4.79 Å². The molecule has 110 valence electrons. The fourth-order valence-electron chi connectivity index (χ4n) is 1.81. The van der Waals surface area contributed by atoms with Crippen LogP contribution in [0.1, 0.15) is 37.7 Å². The van der Waals surface area contributed by atoms with Gasteiger partial charge in [0.1, 0.15) is 0 Å². The Bertz CT molecular complexity index is 420. The molecule has 0 radical (unpaired) electrons. The molecule has 1 rings (SSSR count). The van der Waals surface area contributed by atoms with Gasteiger partial charge in [0.15, 0.2) is 0 Å². The monoisotopic (exact) mass is 278 g/mol. The molecule has 0 spiro atoms. The van der Waals surface area contributed by atoms with E-state index in [1.165, 1.54) is 5.56 Å². The van der Waals surface area contributed by atoms with E-state index in [1.807, 2.05) is 30.3 Å². The smallest absolute Gasteiger partial charge is 0.314 e. The van der Waals surface area contributed by atoms with E-state index in [0.717, 1.165) is 0 Å². The van der Waals surface area contributed by atoms with Crippen molar-refractivity contribution in [1.82, 2.24) is 10.6 Å². The first kappa shape index (κ1) is 16.0. The molecule has 1 atom stereocenters. The van der Waals surface area contributed by atoms with Crippen LogP contribution in [-0.2, 0) is 4.79 Å². The number of carbonyl (C=O) groups is 2. The van der Waals surface area contributed by atoms with Crippen molar-refractivity contribution >= 4 is 12.0 Å². The maximum absolute atomic E-state index is 11.5. The van der Waals surface area contributed by atoms with Crippen LogP contribution in [-0.4, -0.2) is 30.2 Å². The quantitative estimate of drug-likeness (QED) is 0.639. The maximum atomic E-state index is 11.5. The Morgan fingerprint density at radius 1 is 1.15 bits per heavy atom. The molecule has 0 aliphatic heterocycles. The van der Waals surface area contributed by atoms with Gasteiger partial charge in [0.05, 0.1) is 0 Å². The highest BCUT2D eigenvalue weighted by molar-refractivity contribution is 5.73. The Hall–Kier alpha value is -2.04. The van der Waals surface area contributed by atoms with Crippen LogP contribution in [0.3, 0.4) is 0 Å². The SMILES string of the molecule is CC(CNC(=O)NCCCCC(=O)O)c1ccccc1. The van der Waals surface area contributed by atoms with E-state index in [1.54, 1.807) is 0 Å². The highest BCUT2D eigenvalue weighted by Gasteiger charge is 2.06. The number of unbranched alkanes of at least 4 members (excludes halogenated alkanes) is 1. The Balaban J connectivity index is 2.12. The van der Waals surface area contributed by atoms with Gasteiger partial charge in [-0.05, 0) is 24.3 Å². The molecule has 3 N–H and O–H groups in total. The van der Waals surface area contributed by atoms with Crippen LogP contribution in [0, 0.1) is 0 Å². The van der Waals surface area contributed by atoms with Gasteiger partial charge in [-0.25, -0.2) is 4.79 Å². The van der Waals surface area contributed by atoms with Crippen LogP contribution in [0.4, 0.5) is 4.79 Å². The summed E-state index contributed by atoms with van der Waals surface area (Å²) in [5, 5.41) is 14.0. The summed E-state index contributed by atoms with van der Waals surface area (Å²) in [4.78, 5) is 21.8. The molecule has 5 heteroatoms. The van der Waals surface area contributed by atoms with Crippen LogP contribution in [0.2, 0.25) is 0 Å². The number of carboxylic acids is 1. The van der Waals surface area contributed by atoms with Crippen molar-refractivity contribution in [3.63, 3.8) is 0 Å². The summed E-state index contributed by atoms with van der Waals surface area (Å²) in [7, 11) is 0. The summed E-state index contributed by atoms with van der Waals surface area (Å²) in [6.07, 6.45) is 1.40. The molecule has 2 amide bonds. The van der Waals surface area contributed by atoms with Crippen LogP contribution in [0.15, 0.2) is 30.3 Å². The third-order valence-electron chi connectivity index (χ3n) is 3.04. The van der Waals surface area contributed by atoms with Gasteiger partial charge in [-0.15, -0.1) is 0 Å². The van der Waals surface area contributed by atoms with Gasteiger partial charge >= 0.3 is 12.0 Å². The molecule has 0 aromatic heterocycles.